The molecule has 4 aromatic rings. The fourth-order valence-electron chi connectivity index (χ4n) is 2.66. The molecule has 8 nitrogen and oxygen atoms in total. The first-order valence-corrected chi connectivity index (χ1v) is 10.2. The van der Waals surface area contributed by atoms with Gasteiger partial charge in [-0.05, 0) is 37.6 Å². The number of benzene rings is 1. The van der Waals surface area contributed by atoms with Crippen molar-refractivity contribution in [2.45, 2.75) is 25.0 Å². The first-order chi connectivity index (χ1) is 14.3. The van der Waals surface area contributed by atoms with Crippen LogP contribution in [0.4, 0.5) is 0 Å². The number of thioether (sulfide) groups is 1. The number of nitrogens with zero attached hydrogens (tertiary/aromatic N) is 5. The Hall–Kier alpha value is -3.20. The predicted octanol–water partition coefficient (Wildman–Crippen LogP) is 4.31. The number of rotatable bonds is 9. The number of hydrogen-bond acceptors (Lipinski definition) is 9. The van der Waals surface area contributed by atoms with Gasteiger partial charge in [0.05, 0.1) is 12.2 Å². The highest BCUT2D eigenvalue weighted by molar-refractivity contribution is 7.99. The third-order valence-corrected chi connectivity index (χ3v) is 4.90. The van der Waals surface area contributed by atoms with Gasteiger partial charge in [-0.25, -0.2) is 0 Å². The molecule has 0 aliphatic rings. The molecule has 0 aliphatic heterocycles. The van der Waals surface area contributed by atoms with E-state index < -0.39 is 0 Å². The van der Waals surface area contributed by atoms with E-state index in [0.29, 0.717) is 35.9 Å². The second-order valence-electron chi connectivity index (χ2n) is 6.00. The van der Waals surface area contributed by atoms with Gasteiger partial charge in [0.15, 0.2) is 0 Å². The monoisotopic (exact) mass is 409 g/mol. The standard InChI is InChI=1S/C20H19N5O3S/c1-2-26-16-7-4-3-6-15(16)19-23-24-20(27-19)29-13-5-8-17-22-18(25-28-17)14-9-11-21-12-10-14/h3-4,6-7,9-12H,2,5,8,13H2,1H3. The minimum absolute atomic E-state index is 0.454. The molecule has 0 N–H and O–H groups in total. The van der Waals surface area contributed by atoms with Crippen molar-refractivity contribution in [2.75, 3.05) is 12.4 Å². The first kappa shape index (κ1) is 19.1. The van der Waals surface area contributed by atoms with E-state index in [1.165, 1.54) is 11.8 Å². The Bertz CT molecular complexity index is 1050. The molecule has 29 heavy (non-hydrogen) atoms. The van der Waals surface area contributed by atoms with Crippen molar-refractivity contribution in [1.82, 2.24) is 25.3 Å². The van der Waals surface area contributed by atoms with E-state index in [-0.39, 0.29) is 0 Å². The lowest BCUT2D eigenvalue weighted by atomic mass is 10.2. The summed E-state index contributed by atoms with van der Waals surface area (Å²) in [6.07, 6.45) is 4.93. The number of pyridine rings is 1. The molecule has 1 aromatic carbocycles. The Morgan fingerprint density at radius 2 is 1.93 bits per heavy atom. The van der Waals surface area contributed by atoms with Gasteiger partial charge in [-0.15, -0.1) is 10.2 Å². The molecule has 0 unspecified atom stereocenters. The van der Waals surface area contributed by atoms with Gasteiger partial charge < -0.3 is 13.7 Å². The summed E-state index contributed by atoms with van der Waals surface area (Å²) < 4.78 is 16.7. The minimum Gasteiger partial charge on any atom is -0.493 e. The van der Waals surface area contributed by atoms with Crippen LogP contribution >= 0.6 is 11.8 Å². The van der Waals surface area contributed by atoms with Crippen molar-refractivity contribution < 1.29 is 13.7 Å². The Kier molecular flexibility index (Phi) is 6.16. The van der Waals surface area contributed by atoms with E-state index >= 15 is 0 Å². The zero-order chi connectivity index (χ0) is 19.9. The van der Waals surface area contributed by atoms with Crippen molar-refractivity contribution in [1.29, 1.82) is 0 Å². The Labute approximate surface area is 171 Å². The minimum atomic E-state index is 0.454. The van der Waals surface area contributed by atoms with Crippen LogP contribution in [0.2, 0.25) is 0 Å². The Balaban J connectivity index is 1.30. The number of para-hydroxylation sites is 1. The van der Waals surface area contributed by atoms with E-state index in [9.17, 15) is 0 Å². The summed E-state index contributed by atoms with van der Waals surface area (Å²) >= 11 is 1.50. The zero-order valence-corrected chi connectivity index (χ0v) is 16.6. The molecule has 0 radical (unpaired) electrons. The maximum Gasteiger partial charge on any atom is 0.276 e. The topological polar surface area (TPSA) is 100.0 Å². The average Bonchev–Trinajstić information content (AvgIpc) is 3.42. The van der Waals surface area contributed by atoms with Gasteiger partial charge in [-0.2, -0.15) is 4.98 Å². The SMILES string of the molecule is CCOc1ccccc1-c1nnc(SCCCc2nc(-c3ccncc3)no2)o1. The summed E-state index contributed by atoms with van der Waals surface area (Å²) in [4.78, 5) is 8.40. The lowest BCUT2D eigenvalue weighted by molar-refractivity contribution is 0.340. The smallest absolute Gasteiger partial charge is 0.276 e. The molecule has 0 amide bonds. The van der Waals surface area contributed by atoms with Crippen LogP contribution in [0.1, 0.15) is 19.2 Å². The molecule has 0 spiro atoms. The van der Waals surface area contributed by atoms with Gasteiger partial charge in [-0.3, -0.25) is 4.98 Å². The van der Waals surface area contributed by atoms with Crippen LogP contribution in [0.25, 0.3) is 22.8 Å². The van der Waals surface area contributed by atoms with Crippen LogP contribution in [-0.2, 0) is 6.42 Å². The molecule has 148 valence electrons. The molecule has 3 aromatic heterocycles. The van der Waals surface area contributed by atoms with Gasteiger partial charge >= 0.3 is 0 Å². The number of aryl methyl sites for hydroxylation is 1. The largest absolute Gasteiger partial charge is 0.493 e. The Morgan fingerprint density at radius 3 is 2.79 bits per heavy atom. The van der Waals surface area contributed by atoms with Crippen LogP contribution in [0, 0.1) is 0 Å². The fourth-order valence-corrected chi connectivity index (χ4v) is 3.36. The highest BCUT2D eigenvalue weighted by atomic mass is 32.2. The van der Waals surface area contributed by atoms with E-state index in [2.05, 4.69) is 25.3 Å². The summed E-state index contributed by atoms with van der Waals surface area (Å²) in [5.41, 5.74) is 1.68. The van der Waals surface area contributed by atoms with Crippen LogP contribution in [-0.4, -0.2) is 37.7 Å². The highest BCUT2D eigenvalue weighted by Gasteiger charge is 2.14. The second-order valence-corrected chi connectivity index (χ2v) is 7.05. The van der Waals surface area contributed by atoms with E-state index in [0.717, 1.165) is 29.1 Å². The van der Waals surface area contributed by atoms with E-state index in [1.54, 1.807) is 12.4 Å². The molecular weight excluding hydrogens is 390 g/mol. The third kappa shape index (κ3) is 4.80. The third-order valence-electron chi connectivity index (χ3n) is 3.99. The maximum atomic E-state index is 5.77. The first-order valence-electron chi connectivity index (χ1n) is 9.25. The molecule has 4 rings (SSSR count). The Morgan fingerprint density at radius 1 is 1.07 bits per heavy atom. The lowest BCUT2D eigenvalue weighted by Gasteiger charge is -2.05. The normalized spacial score (nSPS) is 10.9. The number of aromatic nitrogens is 5. The zero-order valence-electron chi connectivity index (χ0n) is 15.8. The van der Waals surface area contributed by atoms with Crippen LogP contribution in [0.5, 0.6) is 5.75 Å². The van der Waals surface area contributed by atoms with Gasteiger partial charge in [-0.1, -0.05) is 29.1 Å². The fraction of sp³-hybridized carbons (Fsp3) is 0.250. The molecule has 0 saturated carbocycles. The lowest BCUT2D eigenvalue weighted by Crippen LogP contribution is -1.93. The van der Waals surface area contributed by atoms with Gasteiger partial charge in [0.1, 0.15) is 5.75 Å². The summed E-state index contributed by atoms with van der Waals surface area (Å²) in [6, 6.07) is 11.3. The van der Waals surface area contributed by atoms with Crippen molar-refractivity contribution in [2.24, 2.45) is 0 Å². The predicted molar refractivity (Wildman–Crippen MR) is 107 cm³/mol. The molecule has 9 heteroatoms. The molecule has 0 bridgehead atoms. The molecule has 0 atom stereocenters. The van der Waals surface area contributed by atoms with Gasteiger partial charge in [0.25, 0.3) is 11.1 Å². The van der Waals surface area contributed by atoms with Crippen molar-refractivity contribution in [3.63, 3.8) is 0 Å². The van der Waals surface area contributed by atoms with Crippen molar-refractivity contribution in [3.8, 4) is 28.6 Å². The average molecular weight is 409 g/mol. The van der Waals surface area contributed by atoms with E-state index in [4.69, 9.17) is 13.7 Å². The second kappa shape index (κ2) is 9.33. The maximum absolute atomic E-state index is 5.77. The van der Waals surface area contributed by atoms with E-state index in [1.807, 2.05) is 43.3 Å². The molecule has 3 heterocycles. The summed E-state index contributed by atoms with van der Waals surface area (Å²) in [5.74, 6) is 3.16. The van der Waals surface area contributed by atoms with Crippen molar-refractivity contribution >= 4 is 11.8 Å². The molecule has 0 fully saturated rings. The molecule has 0 aliphatic carbocycles. The van der Waals surface area contributed by atoms with Crippen molar-refractivity contribution in [3.05, 3.63) is 54.7 Å². The summed E-state index contributed by atoms with van der Waals surface area (Å²) in [6.45, 7) is 2.51. The van der Waals surface area contributed by atoms with Crippen LogP contribution < -0.4 is 4.74 Å². The van der Waals surface area contributed by atoms with Crippen LogP contribution in [0.15, 0.2) is 63.0 Å². The molecular formula is C20H19N5O3S. The van der Waals surface area contributed by atoms with Gasteiger partial charge in [0.2, 0.25) is 11.7 Å². The number of hydrogen-bond donors (Lipinski definition) is 0. The highest BCUT2D eigenvalue weighted by Crippen LogP contribution is 2.30. The number of ether oxygens (including phenoxy) is 1. The summed E-state index contributed by atoms with van der Waals surface area (Å²) in [7, 11) is 0. The summed E-state index contributed by atoms with van der Waals surface area (Å²) in [5, 5.41) is 12.8. The quantitative estimate of drug-likeness (QED) is 0.296. The molecule has 0 saturated heterocycles. The van der Waals surface area contributed by atoms with Crippen LogP contribution in [0.3, 0.4) is 0 Å². The van der Waals surface area contributed by atoms with Gasteiger partial charge in [0, 0.05) is 30.1 Å².